The Kier molecular flexibility index (Phi) is 8.64. The van der Waals surface area contributed by atoms with Crippen molar-refractivity contribution < 1.29 is 19.8 Å². The first-order valence-corrected chi connectivity index (χ1v) is 13.4. The van der Waals surface area contributed by atoms with Crippen LogP contribution in [0.4, 0.5) is 0 Å². The van der Waals surface area contributed by atoms with Crippen molar-refractivity contribution in [3.63, 3.8) is 0 Å². The molecule has 4 rings (SSSR count). The molecule has 0 saturated heterocycles. The van der Waals surface area contributed by atoms with Crippen LogP contribution in [0.2, 0.25) is 0 Å². The Balaban J connectivity index is 1.55. The van der Waals surface area contributed by atoms with Gasteiger partial charge in [-0.25, -0.2) is 14.4 Å². The third-order valence-corrected chi connectivity index (χ3v) is 7.55. The molecule has 0 aliphatic heterocycles. The third-order valence-electron chi connectivity index (χ3n) is 7.55. The lowest BCUT2D eigenvalue weighted by atomic mass is 9.87. The fourth-order valence-electron chi connectivity index (χ4n) is 5.61. The maximum atomic E-state index is 13.4. The molecule has 1 heterocycles. The fourth-order valence-corrected chi connectivity index (χ4v) is 5.61. The molecule has 0 bridgehead atoms. The van der Waals surface area contributed by atoms with Gasteiger partial charge in [0.1, 0.15) is 0 Å². The number of aromatic nitrogens is 2. The minimum Gasteiger partial charge on any atom is -0.478 e. The number of nitrogens with zero attached hydrogens (tertiary/aromatic N) is 2. The highest BCUT2D eigenvalue weighted by Gasteiger charge is 2.25. The molecular formula is C30H36N2O5. The van der Waals surface area contributed by atoms with Crippen LogP contribution in [0.1, 0.15) is 84.0 Å². The quantitative estimate of drug-likeness (QED) is 0.340. The average Bonchev–Trinajstić information content (AvgIpc) is 3.17. The lowest BCUT2D eigenvalue weighted by Crippen LogP contribution is -2.28. The smallest absolute Gasteiger partial charge is 0.354 e. The summed E-state index contributed by atoms with van der Waals surface area (Å²) in [6.45, 7) is 2.84. The predicted octanol–water partition coefficient (Wildman–Crippen LogP) is 5.88. The van der Waals surface area contributed by atoms with E-state index in [0.717, 1.165) is 36.8 Å². The van der Waals surface area contributed by atoms with Crippen molar-refractivity contribution in [2.24, 2.45) is 5.92 Å². The number of imidazole rings is 1. The van der Waals surface area contributed by atoms with Gasteiger partial charge in [-0.05, 0) is 47.9 Å². The van der Waals surface area contributed by atoms with Crippen molar-refractivity contribution in [3.05, 3.63) is 81.5 Å². The SMILES string of the molecule is CCCc1c(C(=O)O)n(CCC2CCCCC2)c(=O)n1CCc1ccc(-c2ccccc2C(=O)O)cc1. The number of hydrogen-bond acceptors (Lipinski definition) is 3. The zero-order chi connectivity index (χ0) is 26.4. The topological polar surface area (TPSA) is 102 Å². The molecule has 3 aromatic rings. The highest BCUT2D eigenvalue weighted by atomic mass is 16.4. The van der Waals surface area contributed by atoms with Gasteiger partial charge in [0.2, 0.25) is 0 Å². The van der Waals surface area contributed by atoms with E-state index in [0.29, 0.717) is 43.1 Å². The molecule has 1 aliphatic rings. The number of hydrogen-bond donors (Lipinski definition) is 2. The van der Waals surface area contributed by atoms with Crippen molar-refractivity contribution in [2.75, 3.05) is 0 Å². The molecule has 0 amide bonds. The molecule has 0 unspecified atom stereocenters. The highest BCUT2D eigenvalue weighted by molar-refractivity contribution is 5.96. The molecule has 2 N–H and O–H groups in total. The molecule has 196 valence electrons. The Labute approximate surface area is 217 Å². The molecular weight excluding hydrogens is 468 g/mol. The van der Waals surface area contributed by atoms with Crippen molar-refractivity contribution >= 4 is 11.9 Å². The van der Waals surface area contributed by atoms with Crippen LogP contribution >= 0.6 is 0 Å². The Morgan fingerprint density at radius 2 is 1.57 bits per heavy atom. The molecule has 37 heavy (non-hydrogen) atoms. The number of rotatable bonds is 11. The zero-order valence-electron chi connectivity index (χ0n) is 21.5. The van der Waals surface area contributed by atoms with Crippen molar-refractivity contribution in [2.45, 2.75) is 77.8 Å². The van der Waals surface area contributed by atoms with Gasteiger partial charge < -0.3 is 10.2 Å². The second-order valence-electron chi connectivity index (χ2n) is 10.0. The summed E-state index contributed by atoms with van der Waals surface area (Å²) in [4.78, 5) is 37.2. The van der Waals surface area contributed by atoms with Crippen LogP contribution in [0.3, 0.4) is 0 Å². The summed E-state index contributed by atoms with van der Waals surface area (Å²) in [5.74, 6) is -1.45. The molecule has 7 heteroatoms. The molecule has 0 radical (unpaired) electrons. The maximum Gasteiger partial charge on any atom is 0.354 e. The molecule has 1 aromatic heterocycles. The first-order valence-electron chi connectivity index (χ1n) is 13.4. The first kappa shape index (κ1) is 26.5. The van der Waals surface area contributed by atoms with Crippen molar-refractivity contribution in [3.8, 4) is 11.1 Å². The number of aromatic carboxylic acids is 2. The monoisotopic (exact) mass is 504 g/mol. The molecule has 0 spiro atoms. The standard InChI is InChI=1S/C30H36N2O5/c1-2-8-26-27(29(35)36)32(20-18-21-9-4-3-5-10-21)30(37)31(26)19-17-22-13-15-23(16-14-22)24-11-6-7-12-25(24)28(33)34/h6-7,11-16,21H,2-5,8-10,17-20H2,1H3,(H,33,34)(H,35,36). The minimum atomic E-state index is -1.04. The second-order valence-corrected chi connectivity index (χ2v) is 10.0. The van der Waals surface area contributed by atoms with E-state index in [1.165, 1.54) is 23.8 Å². The largest absolute Gasteiger partial charge is 0.478 e. The van der Waals surface area contributed by atoms with Crippen molar-refractivity contribution in [1.29, 1.82) is 0 Å². The maximum absolute atomic E-state index is 13.4. The van der Waals surface area contributed by atoms with E-state index >= 15 is 0 Å². The lowest BCUT2D eigenvalue weighted by Gasteiger charge is -2.21. The minimum absolute atomic E-state index is 0.142. The Hall–Kier alpha value is -3.61. The summed E-state index contributed by atoms with van der Waals surface area (Å²) in [5.41, 5.74) is 3.24. The van der Waals surface area contributed by atoms with Gasteiger partial charge in [-0.3, -0.25) is 9.13 Å². The molecule has 7 nitrogen and oxygen atoms in total. The average molecular weight is 505 g/mol. The van der Waals surface area contributed by atoms with E-state index in [4.69, 9.17) is 0 Å². The number of benzene rings is 2. The number of carboxylic acid groups (broad SMARTS) is 2. The zero-order valence-corrected chi connectivity index (χ0v) is 21.5. The number of carboxylic acids is 2. The van der Waals surface area contributed by atoms with E-state index in [1.54, 1.807) is 22.8 Å². The summed E-state index contributed by atoms with van der Waals surface area (Å²) in [7, 11) is 0. The second kappa shape index (κ2) is 12.1. The van der Waals surface area contributed by atoms with Gasteiger partial charge in [0, 0.05) is 13.1 Å². The van der Waals surface area contributed by atoms with Gasteiger partial charge in [-0.1, -0.05) is 87.9 Å². The van der Waals surface area contributed by atoms with Gasteiger partial charge in [0.05, 0.1) is 11.3 Å². The normalized spacial score (nSPS) is 14.1. The summed E-state index contributed by atoms with van der Waals surface area (Å²) in [5, 5.41) is 19.5. The van der Waals surface area contributed by atoms with Gasteiger partial charge >= 0.3 is 17.6 Å². The van der Waals surface area contributed by atoms with Gasteiger partial charge in [0.25, 0.3) is 0 Å². The van der Waals surface area contributed by atoms with E-state index in [9.17, 15) is 24.6 Å². The van der Waals surface area contributed by atoms with Crippen LogP contribution in [0.5, 0.6) is 0 Å². The first-order chi connectivity index (χ1) is 17.9. The van der Waals surface area contributed by atoms with Crippen LogP contribution in [0.15, 0.2) is 53.3 Å². The van der Waals surface area contributed by atoms with Crippen LogP contribution in [0.25, 0.3) is 11.1 Å². The molecule has 2 aromatic carbocycles. The number of aryl methyl sites for hydroxylation is 1. The third kappa shape index (κ3) is 6.04. The Morgan fingerprint density at radius 3 is 2.22 bits per heavy atom. The van der Waals surface area contributed by atoms with E-state index < -0.39 is 11.9 Å². The van der Waals surface area contributed by atoms with E-state index in [-0.39, 0.29) is 16.9 Å². The molecule has 0 atom stereocenters. The summed E-state index contributed by atoms with van der Waals surface area (Å²) in [6, 6.07) is 14.6. The van der Waals surface area contributed by atoms with Gasteiger partial charge in [-0.2, -0.15) is 0 Å². The Bertz CT molecular complexity index is 1300. The number of carbonyl (C=O) groups is 2. The molecule has 1 aliphatic carbocycles. The van der Waals surface area contributed by atoms with E-state index in [2.05, 4.69) is 0 Å². The lowest BCUT2D eigenvalue weighted by molar-refractivity contribution is 0.0676. The van der Waals surface area contributed by atoms with Crippen LogP contribution in [-0.4, -0.2) is 31.3 Å². The predicted molar refractivity (Wildman–Crippen MR) is 143 cm³/mol. The summed E-state index contributed by atoms with van der Waals surface area (Å²) < 4.78 is 3.15. The van der Waals surface area contributed by atoms with E-state index in [1.807, 2.05) is 37.3 Å². The van der Waals surface area contributed by atoms with Gasteiger partial charge in [-0.15, -0.1) is 0 Å². The fraction of sp³-hybridized carbons (Fsp3) is 0.433. The van der Waals surface area contributed by atoms with Gasteiger partial charge in [0.15, 0.2) is 5.69 Å². The summed E-state index contributed by atoms with van der Waals surface area (Å²) >= 11 is 0. The van der Waals surface area contributed by atoms with Crippen LogP contribution < -0.4 is 5.69 Å². The van der Waals surface area contributed by atoms with Crippen molar-refractivity contribution in [1.82, 2.24) is 9.13 Å². The molecule has 1 saturated carbocycles. The summed E-state index contributed by atoms with van der Waals surface area (Å²) in [6.07, 6.45) is 8.73. The van der Waals surface area contributed by atoms with Crippen LogP contribution in [0, 0.1) is 5.92 Å². The van der Waals surface area contributed by atoms with Crippen LogP contribution in [-0.2, 0) is 25.9 Å². The highest BCUT2D eigenvalue weighted by Crippen LogP contribution is 2.27. The molecule has 1 fully saturated rings. The Morgan fingerprint density at radius 1 is 0.865 bits per heavy atom.